The Balaban J connectivity index is 1.60. The van der Waals surface area contributed by atoms with E-state index in [4.69, 9.17) is 5.73 Å². The van der Waals surface area contributed by atoms with E-state index < -0.39 is 0 Å². The Hall–Kier alpha value is -0.120. The molecule has 2 heterocycles. The molecule has 0 aromatic rings. The van der Waals surface area contributed by atoms with Gasteiger partial charge in [-0.25, -0.2) is 0 Å². The van der Waals surface area contributed by atoms with Crippen LogP contribution in [0.2, 0.25) is 0 Å². The maximum atomic E-state index is 5.77. The van der Waals surface area contributed by atoms with Gasteiger partial charge in [-0.05, 0) is 50.7 Å². The Bertz CT molecular complexity index is 252. The van der Waals surface area contributed by atoms with Crippen LogP contribution in [-0.2, 0) is 0 Å². The highest BCUT2D eigenvalue weighted by Gasteiger charge is 2.30. The van der Waals surface area contributed by atoms with Crippen molar-refractivity contribution in [2.24, 2.45) is 11.1 Å². The zero-order valence-electron chi connectivity index (χ0n) is 12.3. The second kappa shape index (κ2) is 6.36. The Kier molecular flexibility index (Phi) is 5.05. The van der Waals surface area contributed by atoms with Crippen molar-refractivity contribution in [1.82, 2.24) is 9.80 Å². The molecular formula is C15H31N3. The fourth-order valence-electron chi connectivity index (χ4n) is 3.30. The number of hydrogen-bond donors (Lipinski definition) is 1. The summed E-state index contributed by atoms with van der Waals surface area (Å²) in [5, 5.41) is 0. The van der Waals surface area contributed by atoms with E-state index in [1.807, 2.05) is 0 Å². The topological polar surface area (TPSA) is 32.5 Å². The van der Waals surface area contributed by atoms with E-state index in [0.29, 0.717) is 5.41 Å². The Labute approximate surface area is 113 Å². The van der Waals surface area contributed by atoms with Crippen molar-refractivity contribution in [1.29, 1.82) is 0 Å². The SMILES string of the molecule is CC(C)(CN)CCCCN1CCN2CCCC2C1. The maximum Gasteiger partial charge on any atom is 0.0224 e. The normalized spacial score (nSPS) is 26.5. The molecule has 0 spiro atoms. The molecule has 0 amide bonds. The van der Waals surface area contributed by atoms with Gasteiger partial charge in [0.1, 0.15) is 0 Å². The summed E-state index contributed by atoms with van der Waals surface area (Å²) in [7, 11) is 0. The fraction of sp³-hybridized carbons (Fsp3) is 1.00. The summed E-state index contributed by atoms with van der Waals surface area (Å²) in [5.41, 5.74) is 6.11. The van der Waals surface area contributed by atoms with Crippen LogP contribution in [0.15, 0.2) is 0 Å². The molecule has 2 rings (SSSR count). The Morgan fingerprint density at radius 3 is 2.78 bits per heavy atom. The standard InChI is InChI=1S/C15H31N3/c1-15(2,13-16)7-3-4-8-17-10-11-18-9-5-6-14(18)12-17/h14H,3-13,16H2,1-2H3. The number of piperazine rings is 1. The average molecular weight is 253 g/mol. The molecule has 2 N–H and O–H groups in total. The first-order chi connectivity index (χ1) is 8.61. The van der Waals surface area contributed by atoms with Crippen LogP contribution in [0.25, 0.3) is 0 Å². The maximum absolute atomic E-state index is 5.77. The van der Waals surface area contributed by atoms with E-state index >= 15 is 0 Å². The third-order valence-electron chi connectivity index (χ3n) is 4.80. The minimum absolute atomic E-state index is 0.337. The van der Waals surface area contributed by atoms with Crippen molar-refractivity contribution in [3.05, 3.63) is 0 Å². The highest BCUT2D eigenvalue weighted by atomic mass is 15.3. The average Bonchev–Trinajstić information content (AvgIpc) is 2.82. The monoisotopic (exact) mass is 253 g/mol. The zero-order valence-corrected chi connectivity index (χ0v) is 12.3. The number of nitrogens with zero attached hydrogens (tertiary/aromatic N) is 2. The lowest BCUT2D eigenvalue weighted by Crippen LogP contribution is -2.50. The smallest absolute Gasteiger partial charge is 0.0224 e. The molecule has 0 bridgehead atoms. The van der Waals surface area contributed by atoms with Gasteiger partial charge in [0.15, 0.2) is 0 Å². The first-order valence-electron chi connectivity index (χ1n) is 7.77. The van der Waals surface area contributed by atoms with Gasteiger partial charge in [-0.15, -0.1) is 0 Å². The molecule has 2 aliphatic heterocycles. The van der Waals surface area contributed by atoms with E-state index in [-0.39, 0.29) is 0 Å². The molecule has 0 radical (unpaired) electrons. The summed E-state index contributed by atoms with van der Waals surface area (Å²) in [5.74, 6) is 0. The molecule has 2 saturated heterocycles. The quantitative estimate of drug-likeness (QED) is 0.734. The number of rotatable bonds is 6. The van der Waals surface area contributed by atoms with Crippen LogP contribution in [-0.4, -0.2) is 55.1 Å². The second-order valence-electron chi connectivity index (χ2n) is 6.96. The minimum atomic E-state index is 0.337. The first kappa shape index (κ1) is 14.3. The van der Waals surface area contributed by atoms with Crippen LogP contribution in [0.5, 0.6) is 0 Å². The summed E-state index contributed by atoms with van der Waals surface area (Å²) in [6, 6.07) is 0.874. The second-order valence-corrected chi connectivity index (χ2v) is 6.96. The molecule has 0 aliphatic carbocycles. The van der Waals surface area contributed by atoms with E-state index in [2.05, 4.69) is 23.6 Å². The molecule has 0 aromatic heterocycles. The lowest BCUT2D eigenvalue weighted by Gasteiger charge is -2.37. The molecule has 3 nitrogen and oxygen atoms in total. The molecule has 106 valence electrons. The van der Waals surface area contributed by atoms with Crippen LogP contribution >= 0.6 is 0 Å². The molecular weight excluding hydrogens is 222 g/mol. The summed E-state index contributed by atoms with van der Waals surface area (Å²) < 4.78 is 0. The summed E-state index contributed by atoms with van der Waals surface area (Å²) >= 11 is 0. The first-order valence-corrected chi connectivity index (χ1v) is 7.77. The Morgan fingerprint density at radius 2 is 2.00 bits per heavy atom. The van der Waals surface area contributed by atoms with Gasteiger partial charge in [-0.3, -0.25) is 4.90 Å². The van der Waals surface area contributed by atoms with Crippen LogP contribution in [0, 0.1) is 5.41 Å². The van der Waals surface area contributed by atoms with E-state index in [1.165, 1.54) is 64.8 Å². The molecule has 1 atom stereocenters. The number of fused-ring (bicyclic) bond motifs is 1. The predicted molar refractivity (Wildman–Crippen MR) is 77.7 cm³/mol. The van der Waals surface area contributed by atoms with Gasteiger partial charge in [-0.1, -0.05) is 20.3 Å². The van der Waals surface area contributed by atoms with Crippen LogP contribution < -0.4 is 5.73 Å². The van der Waals surface area contributed by atoms with E-state index in [1.54, 1.807) is 0 Å². The van der Waals surface area contributed by atoms with Crippen molar-refractivity contribution in [3.8, 4) is 0 Å². The molecule has 1 unspecified atom stereocenters. The van der Waals surface area contributed by atoms with Crippen molar-refractivity contribution >= 4 is 0 Å². The molecule has 2 fully saturated rings. The Morgan fingerprint density at radius 1 is 1.17 bits per heavy atom. The number of unbranched alkanes of at least 4 members (excludes halogenated alkanes) is 1. The molecule has 0 aromatic carbocycles. The molecule has 18 heavy (non-hydrogen) atoms. The fourth-order valence-corrected chi connectivity index (χ4v) is 3.30. The van der Waals surface area contributed by atoms with Crippen molar-refractivity contribution in [2.75, 3.05) is 39.3 Å². The molecule has 3 heteroatoms. The third-order valence-corrected chi connectivity index (χ3v) is 4.80. The van der Waals surface area contributed by atoms with Gasteiger partial charge < -0.3 is 10.6 Å². The molecule has 2 aliphatic rings. The lowest BCUT2D eigenvalue weighted by molar-refractivity contribution is 0.102. The van der Waals surface area contributed by atoms with Gasteiger partial charge >= 0.3 is 0 Å². The summed E-state index contributed by atoms with van der Waals surface area (Å²) in [6.45, 7) is 11.9. The van der Waals surface area contributed by atoms with Crippen LogP contribution in [0.4, 0.5) is 0 Å². The van der Waals surface area contributed by atoms with Crippen LogP contribution in [0.1, 0.15) is 46.0 Å². The van der Waals surface area contributed by atoms with Crippen molar-refractivity contribution < 1.29 is 0 Å². The largest absolute Gasteiger partial charge is 0.330 e. The van der Waals surface area contributed by atoms with Gasteiger partial charge in [0.2, 0.25) is 0 Å². The number of hydrogen-bond acceptors (Lipinski definition) is 3. The van der Waals surface area contributed by atoms with Gasteiger partial charge in [0.25, 0.3) is 0 Å². The highest BCUT2D eigenvalue weighted by molar-refractivity contribution is 4.86. The van der Waals surface area contributed by atoms with E-state index in [0.717, 1.165) is 12.6 Å². The molecule has 0 saturated carbocycles. The predicted octanol–water partition coefficient (Wildman–Crippen LogP) is 1.92. The van der Waals surface area contributed by atoms with Gasteiger partial charge in [0, 0.05) is 25.7 Å². The summed E-state index contributed by atoms with van der Waals surface area (Å²) in [4.78, 5) is 5.37. The van der Waals surface area contributed by atoms with Gasteiger partial charge in [0.05, 0.1) is 0 Å². The van der Waals surface area contributed by atoms with Crippen LogP contribution in [0.3, 0.4) is 0 Å². The van der Waals surface area contributed by atoms with Gasteiger partial charge in [-0.2, -0.15) is 0 Å². The lowest BCUT2D eigenvalue weighted by atomic mass is 9.87. The summed E-state index contributed by atoms with van der Waals surface area (Å²) in [6.07, 6.45) is 6.79. The number of nitrogens with two attached hydrogens (primary N) is 1. The highest BCUT2D eigenvalue weighted by Crippen LogP contribution is 2.23. The minimum Gasteiger partial charge on any atom is -0.330 e. The third kappa shape index (κ3) is 3.94. The van der Waals surface area contributed by atoms with E-state index in [9.17, 15) is 0 Å². The van der Waals surface area contributed by atoms with Crippen molar-refractivity contribution in [3.63, 3.8) is 0 Å². The zero-order chi connectivity index (χ0) is 13.0. The van der Waals surface area contributed by atoms with Crippen molar-refractivity contribution in [2.45, 2.75) is 52.0 Å².